The molecule has 0 aliphatic rings. The summed E-state index contributed by atoms with van der Waals surface area (Å²) in [5.41, 5.74) is 1.15. The standard InChI is InChI=1S/C17H18O4/c1-11-15(14(18)9-10-20-11)21-16(19)12-5-7-13(8-6-12)17(2,3)4/h5-10H,1-4H3. The average molecular weight is 286 g/mol. The zero-order chi connectivity index (χ0) is 15.6. The fourth-order valence-electron chi connectivity index (χ4n) is 1.88. The van der Waals surface area contributed by atoms with Gasteiger partial charge in [-0.1, -0.05) is 32.9 Å². The van der Waals surface area contributed by atoms with E-state index in [1.54, 1.807) is 19.1 Å². The van der Waals surface area contributed by atoms with Crippen molar-refractivity contribution < 1.29 is 13.9 Å². The van der Waals surface area contributed by atoms with Crippen molar-refractivity contribution >= 4 is 5.97 Å². The molecule has 0 saturated heterocycles. The second-order valence-electron chi connectivity index (χ2n) is 5.89. The average Bonchev–Trinajstić information content (AvgIpc) is 2.42. The highest BCUT2D eigenvalue weighted by molar-refractivity contribution is 5.91. The molecule has 0 unspecified atom stereocenters. The van der Waals surface area contributed by atoms with E-state index in [1.807, 2.05) is 12.1 Å². The summed E-state index contributed by atoms with van der Waals surface area (Å²) in [6.07, 6.45) is 1.27. The molecule has 1 aromatic carbocycles. The van der Waals surface area contributed by atoms with Crippen LogP contribution in [0.25, 0.3) is 0 Å². The molecule has 1 heterocycles. The normalized spacial score (nSPS) is 11.2. The molecule has 2 rings (SSSR count). The van der Waals surface area contributed by atoms with Crippen LogP contribution in [0.15, 0.2) is 45.8 Å². The number of aryl methyl sites for hydroxylation is 1. The van der Waals surface area contributed by atoms with Gasteiger partial charge < -0.3 is 9.15 Å². The van der Waals surface area contributed by atoms with Gasteiger partial charge in [0.25, 0.3) is 0 Å². The third kappa shape index (κ3) is 3.40. The molecule has 0 fully saturated rings. The number of hydrogen-bond acceptors (Lipinski definition) is 4. The molecule has 0 spiro atoms. The summed E-state index contributed by atoms with van der Waals surface area (Å²) in [4.78, 5) is 23.7. The Morgan fingerprint density at radius 3 is 2.24 bits per heavy atom. The highest BCUT2D eigenvalue weighted by Crippen LogP contribution is 2.22. The van der Waals surface area contributed by atoms with Crippen LogP contribution < -0.4 is 10.2 Å². The topological polar surface area (TPSA) is 56.5 Å². The van der Waals surface area contributed by atoms with Gasteiger partial charge in [0, 0.05) is 6.07 Å². The lowest BCUT2D eigenvalue weighted by Gasteiger charge is -2.18. The van der Waals surface area contributed by atoms with Crippen molar-refractivity contribution in [3.63, 3.8) is 0 Å². The first-order valence-electron chi connectivity index (χ1n) is 6.70. The lowest BCUT2D eigenvalue weighted by molar-refractivity contribution is 0.0727. The zero-order valence-corrected chi connectivity index (χ0v) is 12.6. The molecular weight excluding hydrogens is 268 g/mol. The van der Waals surface area contributed by atoms with E-state index in [-0.39, 0.29) is 22.4 Å². The number of ether oxygens (including phenoxy) is 1. The Bertz CT molecular complexity index is 703. The maximum Gasteiger partial charge on any atom is 0.343 e. The van der Waals surface area contributed by atoms with Crippen molar-refractivity contribution in [2.45, 2.75) is 33.1 Å². The Hall–Kier alpha value is -2.36. The van der Waals surface area contributed by atoms with Crippen molar-refractivity contribution in [1.29, 1.82) is 0 Å². The third-order valence-corrected chi connectivity index (χ3v) is 3.19. The van der Waals surface area contributed by atoms with Crippen LogP contribution >= 0.6 is 0 Å². The molecule has 4 nitrogen and oxygen atoms in total. The highest BCUT2D eigenvalue weighted by atomic mass is 16.5. The lowest BCUT2D eigenvalue weighted by atomic mass is 9.87. The number of esters is 1. The minimum atomic E-state index is -0.572. The molecule has 0 aliphatic heterocycles. The maximum absolute atomic E-state index is 12.1. The van der Waals surface area contributed by atoms with Gasteiger partial charge in [-0.15, -0.1) is 0 Å². The molecular formula is C17H18O4. The third-order valence-electron chi connectivity index (χ3n) is 3.19. The van der Waals surface area contributed by atoms with Gasteiger partial charge in [0.05, 0.1) is 11.8 Å². The van der Waals surface area contributed by atoms with Crippen molar-refractivity contribution in [3.8, 4) is 5.75 Å². The van der Waals surface area contributed by atoms with Crippen LogP contribution in [0.4, 0.5) is 0 Å². The molecule has 0 aliphatic carbocycles. The van der Waals surface area contributed by atoms with Crippen molar-refractivity contribution in [3.05, 3.63) is 63.7 Å². The minimum Gasteiger partial charge on any atom is -0.465 e. The quantitative estimate of drug-likeness (QED) is 0.793. The molecule has 0 atom stereocenters. The van der Waals surface area contributed by atoms with E-state index in [9.17, 15) is 9.59 Å². The largest absolute Gasteiger partial charge is 0.465 e. The summed E-state index contributed by atoms with van der Waals surface area (Å²) in [6.45, 7) is 7.86. The molecule has 0 amide bonds. The Balaban J connectivity index is 2.23. The molecule has 0 radical (unpaired) electrons. The summed E-state index contributed by atoms with van der Waals surface area (Å²) in [7, 11) is 0. The Kier molecular flexibility index (Phi) is 3.98. The van der Waals surface area contributed by atoms with Gasteiger partial charge in [0.15, 0.2) is 0 Å². The smallest absolute Gasteiger partial charge is 0.343 e. The van der Waals surface area contributed by atoms with Crippen molar-refractivity contribution in [2.24, 2.45) is 0 Å². The first-order valence-corrected chi connectivity index (χ1v) is 6.70. The number of hydrogen-bond donors (Lipinski definition) is 0. The van der Waals surface area contributed by atoms with Gasteiger partial charge in [-0.25, -0.2) is 4.79 Å². The Labute approximate surface area is 123 Å². The lowest BCUT2D eigenvalue weighted by Crippen LogP contribution is -2.16. The molecule has 0 N–H and O–H groups in total. The van der Waals surface area contributed by atoms with E-state index in [0.29, 0.717) is 5.56 Å². The van der Waals surface area contributed by atoms with E-state index < -0.39 is 5.97 Å². The van der Waals surface area contributed by atoms with E-state index >= 15 is 0 Å². The van der Waals surface area contributed by atoms with Crippen LogP contribution in [0.1, 0.15) is 42.5 Å². The molecule has 2 aromatic rings. The maximum atomic E-state index is 12.1. The molecule has 0 bridgehead atoms. The van der Waals surface area contributed by atoms with Gasteiger partial charge in [0.2, 0.25) is 11.2 Å². The van der Waals surface area contributed by atoms with Crippen LogP contribution in [0, 0.1) is 6.92 Å². The van der Waals surface area contributed by atoms with E-state index in [1.165, 1.54) is 12.3 Å². The summed E-state index contributed by atoms with van der Waals surface area (Å²) in [5, 5.41) is 0. The van der Waals surface area contributed by atoms with Gasteiger partial charge >= 0.3 is 5.97 Å². The van der Waals surface area contributed by atoms with Crippen LogP contribution in [0.3, 0.4) is 0 Å². The van der Waals surface area contributed by atoms with Crippen LogP contribution in [-0.4, -0.2) is 5.97 Å². The predicted molar refractivity (Wildman–Crippen MR) is 79.8 cm³/mol. The van der Waals surface area contributed by atoms with Crippen molar-refractivity contribution in [2.75, 3.05) is 0 Å². The van der Waals surface area contributed by atoms with Gasteiger partial charge in [-0.3, -0.25) is 4.79 Å². The second kappa shape index (κ2) is 5.56. The van der Waals surface area contributed by atoms with E-state index in [4.69, 9.17) is 9.15 Å². The van der Waals surface area contributed by atoms with Gasteiger partial charge in [0.1, 0.15) is 5.76 Å². The van der Waals surface area contributed by atoms with Gasteiger partial charge in [-0.2, -0.15) is 0 Å². The van der Waals surface area contributed by atoms with Crippen molar-refractivity contribution in [1.82, 2.24) is 0 Å². The monoisotopic (exact) mass is 286 g/mol. The number of carbonyl (C=O) groups excluding carboxylic acids is 1. The van der Waals surface area contributed by atoms with Gasteiger partial charge in [-0.05, 0) is 30.0 Å². The molecule has 110 valence electrons. The fourth-order valence-corrected chi connectivity index (χ4v) is 1.88. The first-order chi connectivity index (χ1) is 9.79. The summed E-state index contributed by atoms with van der Waals surface area (Å²) in [6, 6.07) is 8.39. The number of rotatable bonds is 2. The first kappa shape index (κ1) is 15.0. The van der Waals surface area contributed by atoms with Crippen LogP contribution in [-0.2, 0) is 5.41 Å². The number of benzene rings is 1. The molecule has 1 aromatic heterocycles. The molecule has 21 heavy (non-hydrogen) atoms. The van der Waals surface area contributed by atoms with E-state index in [2.05, 4.69) is 20.8 Å². The second-order valence-corrected chi connectivity index (χ2v) is 5.89. The highest BCUT2D eigenvalue weighted by Gasteiger charge is 2.17. The van der Waals surface area contributed by atoms with Crippen LogP contribution in [0.2, 0.25) is 0 Å². The fraction of sp³-hybridized carbons (Fsp3) is 0.294. The SMILES string of the molecule is Cc1occc(=O)c1OC(=O)c1ccc(C(C)(C)C)cc1. The summed E-state index contributed by atoms with van der Waals surface area (Å²) < 4.78 is 10.2. The van der Waals surface area contributed by atoms with E-state index in [0.717, 1.165) is 5.56 Å². The summed E-state index contributed by atoms with van der Waals surface area (Å²) in [5.74, 6) is -0.360. The number of carbonyl (C=O) groups is 1. The minimum absolute atomic E-state index is 0.0134. The Morgan fingerprint density at radius 1 is 1.10 bits per heavy atom. The van der Waals surface area contributed by atoms with Crippen LogP contribution in [0.5, 0.6) is 5.75 Å². The molecule has 0 saturated carbocycles. The predicted octanol–water partition coefficient (Wildman–Crippen LogP) is 3.46. The molecule has 4 heteroatoms. The Morgan fingerprint density at radius 2 is 1.71 bits per heavy atom. The summed E-state index contributed by atoms with van der Waals surface area (Å²) >= 11 is 0. The zero-order valence-electron chi connectivity index (χ0n) is 12.6.